The number of urea groups is 1. The van der Waals surface area contributed by atoms with Gasteiger partial charge in [0.05, 0.1) is 11.8 Å². The van der Waals surface area contributed by atoms with Crippen molar-refractivity contribution in [3.63, 3.8) is 0 Å². The number of para-hydroxylation sites is 1. The van der Waals surface area contributed by atoms with Crippen LogP contribution in [0.25, 0.3) is 11.3 Å². The van der Waals surface area contributed by atoms with Crippen molar-refractivity contribution in [2.75, 3.05) is 5.32 Å². The summed E-state index contributed by atoms with van der Waals surface area (Å²) in [5.74, 6) is -0.0591. The van der Waals surface area contributed by atoms with E-state index in [2.05, 4.69) is 15.8 Å². The van der Waals surface area contributed by atoms with Gasteiger partial charge in [-0.2, -0.15) is 5.10 Å². The number of nitrogens with zero attached hydrogens (tertiary/aromatic N) is 1. The Balaban J connectivity index is 1.66. The molecular formula is C21H19N3O4. The molecule has 0 aliphatic rings. The highest BCUT2D eigenvalue weighted by Crippen LogP contribution is 2.26. The molecule has 3 aromatic rings. The number of hydrogen-bond acceptors (Lipinski definition) is 4. The number of aryl methyl sites for hydroxylation is 2. The molecule has 1 heterocycles. The lowest BCUT2D eigenvalue weighted by Gasteiger charge is -2.06. The van der Waals surface area contributed by atoms with Crippen LogP contribution in [0.15, 0.2) is 64.1 Å². The zero-order valence-corrected chi connectivity index (χ0v) is 15.4. The van der Waals surface area contributed by atoms with Crippen LogP contribution in [0.5, 0.6) is 0 Å². The lowest BCUT2D eigenvalue weighted by Crippen LogP contribution is -2.24. The highest BCUT2D eigenvalue weighted by atomic mass is 16.4. The minimum absolute atomic E-state index is 0.182. The first-order valence-corrected chi connectivity index (χ1v) is 8.54. The summed E-state index contributed by atoms with van der Waals surface area (Å²) in [6.45, 7) is 3.76. The third-order valence-electron chi connectivity index (χ3n) is 4.13. The predicted octanol–water partition coefficient (Wildman–Crippen LogP) is 4.42. The fourth-order valence-electron chi connectivity index (χ4n) is 2.61. The number of nitrogens with one attached hydrogen (secondary N) is 2. The lowest BCUT2D eigenvalue weighted by molar-refractivity contribution is 0.0697. The van der Waals surface area contributed by atoms with Gasteiger partial charge in [-0.1, -0.05) is 24.3 Å². The molecule has 7 nitrogen and oxygen atoms in total. The zero-order chi connectivity index (χ0) is 20.1. The first-order valence-electron chi connectivity index (χ1n) is 8.54. The standard InChI is InChI=1S/C21H19N3O4/c1-13-7-8-15(20(25)26)11-17(13)19-10-9-16(28-19)12-22-24-21(27)23-18-6-4-3-5-14(18)2/h3-12H,1-2H3,(H,25,26)(H2,23,24,27). The summed E-state index contributed by atoms with van der Waals surface area (Å²) in [4.78, 5) is 23.1. The van der Waals surface area contributed by atoms with E-state index in [9.17, 15) is 9.59 Å². The number of carbonyl (C=O) groups excluding carboxylic acids is 1. The molecule has 3 N–H and O–H groups in total. The van der Waals surface area contributed by atoms with Gasteiger partial charge in [0.2, 0.25) is 0 Å². The van der Waals surface area contributed by atoms with Crippen molar-refractivity contribution in [3.05, 3.63) is 77.0 Å². The molecule has 2 aromatic carbocycles. The number of benzene rings is 2. The molecule has 0 atom stereocenters. The average Bonchev–Trinajstić information content (AvgIpc) is 3.12. The number of carbonyl (C=O) groups is 2. The van der Waals surface area contributed by atoms with Crippen LogP contribution in [0.2, 0.25) is 0 Å². The Hall–Kier alpha value is -3.87. The fraction of sp³-hybridized carbons (Fsp3) is 0.0952. The van der Waals surface area contributed by atoms with E-state index in [-0.39, 0.29) is 5.56 Å². The number of anilines is 1. The number of carboxylic acid groups (broad SMARTS) is 1. The van der Waals surface area contributed by atoms with E-state index in [1.165, 1.54) is 6.21 Å². The molecule has 0 radical (unpaired) electrons. The van der Waals surface area contributed by atoms with Crippen molar-refractivity contribution in [3.8, 4) is 11.3 Å². The predicted molar refractivity (Wildman–Crippen MR) is 107 cm³/mol. The van der Waals surface area contributed by atoms with Crippen molar-refractivity contribution >= 4 is 23.9 Å². The number of amides is 2. The molecule has 2 amide bonds. The Kier molecular flexibility index (Phi) is 5.55. The molecule has 3 rings (SSSR count). The largest absolute Gasteiger partial charge is 0.478 e. The quantitative estimate of drug-likeness (QED) is 0.452. The molecule has 0 bridgehead atoms. The van der Waals surface area contributed by atoms with E-state index in [0.717, 1.165) is 11.1 Å². The summed E-state index contributed by atoms with van der Waals surface area (Å²) < 4.78 is 5.69. The van der Waals surface area contributed by atoms with E-state index in [4.69, 9.17) is 9.52 Å². The van der Waals surface area contributed by atoms with E-state index >= 15 is 0 Å². The van der Waals surface area contributed by atoms with E-state index in [1.807, 2.05) is 32.0 Å². The van der Waals surface area contributed by atoms with Crippen molar-refractivity contribution in [2.45, 2.75) is 13.8 Å². The topological polar surface area (TPSA) is 104 Å². The van der Waals surface area contributed by atoms with Crippen LogP contribution in [0.3, 0.4) is 0 Å². The third-order valence-corrected chi connectivity index (χ3v) is 4.13. The minimum atomic E-state index is -1.00. The molecule has 0 aliphatic heterocycles. The molecular weight excluding hydrogens is 358 g/mol. The molecule has 0 aliphatic carbocycles. The molecule has 142 valence electrons. The van der Waals surface area contributed by atoms with E-state index in [0.29, 0.717) is 22.8 Å². The summed E-state index contributed by atoms with van der Waals surface area (Å²) in [6.07, 6.45) is 1.37. The monoisotopic (exact) mass is 377 g/mol. The summed E-state index contributed by atoms with van der Waals surface area (Å²) >= 11 is 0. The molecule has 0 spiro atoms. The summed E-state index contributed by atoms with van der Waals surface area (Å²) in [7, 11) is 0. The number of aromatic carboxylic acids is 1. The van der Waals surface area contributed by atoms with E-state index < -0.39 is 12.0 Å². The minimum Gasteiger partial charge on any atom is -0.478 e. The first-order chi connectivity index (χ1) is 13.4. The van der Waals surface area contributed by atoms with Crippen molar-refractivity contribution in [1.29, 1.82) is 0 Å². The maximum absolute atomic E-state index is 11.9. The van der Waals surface area contributed by atoms with E-state index in [1.54, 1.807) is 36.4 Å². The first kappa shape index (κ1) is 18.9. The van der Waals surface area contributed by atoms with Crippen LogP contribution in [-0.4, -0.2) is 23.3 Å². The molecule has 0 saturated heterocycles. The molecule has 0 unspecified atom stereocenters. The molecule has 28 heavy (non-hydrogen) atoms. The van der Waals surface area contributed by atoms with Gasteiger partial charge in [-0.3, -0.25) is 0 Å². The van der Waals surface area contributed by atoms with Crippen molar-refractivity contribution in [1.82, 2.24) is 5.43 Å². The van der Waals surface area contributed by atoms with Crippen LogP contribution >= 0.6 is 0 Å². The van der Waals surface area contributed by atoms with Gasteiger partial charge < -0.3 is 14.8 Å². The van der Waals surface area contributed by atoms with Gasteiger partial charge in [0.25, 0.3) is 0 Å². The third kappa shape index (κ3) is 4.45. The number of rotatable bonds is 5. The van der Waals surface area contributed by atoms with Crippen LogP contribution in [0.1, 0.15) is 27.2 Å². The number of furan rings is 1. The van der Waals surface area contributed by atoms with Crippen LogP contribution < -0.4 is 10.7 Å². The fourth-order valence-corrected chi connectivity index (χ4v) is 2.61. The Labute approximate surface area is 161 Å². The maximum Gasteiger partial charge on any atom is 0.339 e. The lowest BCUT2D eigenvalue weighted by atomic mass is 10.0. The van der Waals surface area contributed by atoms with Crippen molar-refractivity contribution < 1.29 is 19.1 Å². The van der Waals surface area contributed by atoms with Gasteiger partial charge in [-0.25, -0.2) is 15.0 Å². The average molecular weight is 377 g/mol. The van der Waals surface area contributed by atoms with Gasteiger partial charge >= 0.3 is 12.0 Å². The van der Waals surface area contributed by atoms with Gasteiger partial charge in [-0.05, 0) is 55.3 Å². The second-order valence-corrected chi connectivity index (χ2v) is 6.18. The molecule has 0 fully saturated rings. The second kappa shape index (κ2) is 8.22. The Morgan fingerprint density at radius 1 is 1.04 bits per heavy atom. The highest BCUT2D eigenvalue weighted by molar-refractivity contribution is 5.91. The number of carboxylic acids is 1. The Morgan fingerprint density at radius 3 is 2.57 bits per heavy atom. The van der Waals surface area contributed by atoms with Crippen LogP contribution in [0.4, 0.5) is 10.5 Å². The number of hydrogen-bond donors (Lipinski definition) is 3. The van der Waals surface area contributed by atoms with Gasteiger partial charge in [-0.15, -0.1) is 0 Å². The Morgan fingerprint density at radius 2 is 1.82 bits per heavy atom. The maximum atomic E-state index is 11.9. The molecule has 1 aromatic heterocycles. The van der Waals surface area contributed by atoms with Gasteiger partial charge in [0.1, 0.15) is 11.5 Å². The Bertz CT molecular complexity index is 1050. The highest BCUT2D eigenvalue weighted by Gasteiger charge is 2.11. The summed E-state index contributed by atoms with van der Waals surface area (Å²) in [5.41, 5.74) is 5.77. The smallest absolute Gasteiger partial charge is 0.339 e. The SMILES string of the molecule is Cc1ccccc1NC(=O)NN=Cc1ccc(-c2cc(C(=O)O)ccc2C)o1. The molecule has 7 heteroatoms. The van der Waals surface area contributed by atoms with Crippen molar-refractivity contribution in [2.24, 2.45) is 5.10 Å². The summed E-state index contributed by atoms with van der Waals surface area (Å²) in [5, 5.41) is 15.7. The van der Waals surface area contributed by atoms with Gasteiger partial charge in [0.15, 0.2) is 0 Å². The van der Waals surface area contributed by atoms with Gasteiger partial charge in [0, 0.05) is 11.3 Å². The normalized spacial score (nSPS) is 10.8. The summed E-state index contributed by atoms with van der Waals surface area (Å²) in [6, 6.07) is 15.2. The van der Waals surface area contributed by atoms with Crippen LogP contribution in [0, 0.1) is 13.8 Å². The number of hydrazone groups is 1. The molecule has 0 saturated carbocycles. The zero-order valence-electron chi connectivity index (χ0n) is 15.4. The second-order valence-electron chi connectivity index (χ2n) is 6.18. The van der Waals surface area contributed by atoms with Crippen LogP contribution in [-0.2, 0) is 0 Å².